The molecule has 0 saturated carbocycles. The van der Waals surface area contributed by atoms with Crippen molar-refractivity contribution in [2.24, 2.45) is 10.7 Å². The van der Waals surface area contributed by atoms with Gasteiger partial charge in [0, 0.05) is 49.4 Å². The van der Waals surface area contributed by atoms with Gasteiger partial charge in [0.05, 0.1) is 21.4 Å². The van der Waals surface area contributed by atoms with Crippen LogP contribution in [0.15, 0.2) is 120 Å². The predicted octanol–water partition coefficient (Wildman–Crippen LogP) is 9.67. The van der Waals surface area contributed by atoms with E-state index in [1.54, 1.807) is 0 Å². The van der Waals surface area contributed by atoms with Gasteiger partial charge in [0.15, 0.2) is 0 Å². The first-order valence-corrected chi connectivity index (χ1v) is 16.3. The van der Waals surface area contributed by atoms with E-state index in [1.807, 2.05) is 30.4 Å². The van der Waals surface area contributed by atoms with E-state index >= 15 is 0 Å². The number of amidine groups is 1. The number of nitrogens with zero attached hydrogens (tertiary/aromatic N) is 2. The van der Waals surface area contributed by atoms with Gasteiger partial charge >= 0.3 is 0 Å². The molecule has 0 spiro atoms. The fraction of sp³-hybridized carbons (Fsp3) is 0.125. The SMILES string of the molecule is CC(N)/C=C1\NC(c2ccc(-n3c4cc5c(cc4c4sc6ccccc6c43)C(C)(C)c3ccccc3-5)cc2)=Nc2ccccc21. The molecule has 0 radical (unpaired) electrons. The van der Waals surface area contributed by atoms with Crippen molar-refractivity contribution in [3.05, 3.63) is 138 Å². The number of para-hydroxylation sites is 1. The average Bonchev–Trinajstić information content (AvgIpc) is 3.65. The highest BCUT2D eigenvalue weighted by Gasteiger charge is 2.36. The summed E-state index contributed by atoms with van der Waals surface area (Å²) in [5, 5.41) is 6.17. The fourth-order valence-electron chi connectivity index (χ4n) is 7.37. The van der Waals surface area contributed by atoms with E-state index in [-0.39, 0.29) is 11.5 Å². The minimum atomic E-state index is -0.0777. The lowest BCUT2D eigenvalue weighted by atomic mass is 9.82. The zero-order valence-corrected chi connectivity index (χ0v) is 26.2. The van der Waals surface area contributed by atoms with Gasteiger partial charge in [-0.2, -0.15) is 0 Å². The molecule has 1 aliphatic heterocycles. The van der Waals surface area contributed by atoms with Crippen LogP contribution in [0.2, 0.25) is 0 Å². The van der Waals surface area contributed by atoms with Gasteiger partial charge in [-0.25, -0.2) is 4.99 Å². The Bertz CT molecular complexity index is 2400. The molecule has 4 nitrogen and oxygen atoms in total. The van der Waals surface area contributed by atoms with Crippen LogP contribution in [0.25, 0.3) is 53.7 Å². The third-order valence-corrected chi connectivity index (χ3v) is 10.7. The normalized spacial score (nSPS) is 16.4. The highest BCUT2D eigenvalue weighted by atomic mass is 32.1. The molecule has 45 heavy (non-hydrogen) atoms. The highest BCUT2D eigenvalue weighted by Crippen LogP contribution is 2.52. The lowest BCUT2D eigenvalue weighted by Crippen LogP contribution is -2.27. The number of aliphatic imine (C=N–C) groups is 1. The van der Waals surface area contributed by atoms with Crippen molar-refractivity contribution in [1.29, 1.82) is 0 Å². The molecular weight excluding hydrogens is 569 g/mol. The average molecular weight is 601 g/mol. The zero-order chi connectivity index (χ0) is 30.4. The Morgan fingerprint density at radius 3 is 2.36 bits per heavy atom. The molecule has 1 atom stereocenters. The van der Waals surface area contributed by atoms with Crippen molar-refractivity contribution in [2.45, 2.75) is 32.2 Å². The van der Waals surface area contributed by atoms with Gasteiger partial charge in [-0.15, -0.1) is 11.3 Å². The van der Waals surface area contributed by atoms with Crippen LogP contribution in [0.3, 0.4) is 0 Å². The molecule has 2 aliphatic rings. The predicted molar refractivity (Wildman–Crippen MR) is 191 cm³/mol. The quantitative estimate of drug-likeness (QED) is 0.212. The first-order valence-electron chi connectivity index (χ1n) is 15.5. The Morgan fingerprint density at radius 2 is 1.53 bits per heavy atom. The number of rotatable bonds is 3. The van der Waals surface area contributed by atoms with Crippen molar-refractivity contribution in [3.8, 4) is 16.8 Å². The molecule has 9 rings (SSSR count). The Hall–Kier alpha value is -4.97. The minimum Gasteiger partial charge on any atom is -0.339 e. The third kappa shape index (κ3) is 3.84. The number of thiophene rings is 1. The van der Waals surface area contributed by atoms with E-state index < -0.39 is 0 Å². The molecule has 3 heterocycles. The topological polar surface area (TPSA) is 55.3 Å². The molecule has 1 aliphatic carbocycles. The summed E-state index contributed by atoms with van der Waals surface area (Å²) in [6.45, 7) is 6.70. The van der Waals surface area contributed by atoms with E-state index in [1.165, 1.54) is 53.5 Å². The molecule has 7 aromatic rings. The summed E-state index contributed by atoms with van der Waals surface area (Å²) in [5.41, 5.74) is 19.3. The number of nitrogens with two attached hydrogens (primary N) is 1. The molecule has 0 bridgehead atoms. The zero-order valence-electron chi connectivity index (χ0n) is 25.4. The molecule has 3 N–H and O–H groups in total. The van der Waals surface area contributed by atoms with Crippen LogP contribution < -0.4 is 11.1 Å². The number of nitrogens with one attached hydrogen (secondary N) is 1. The van der Waals surface area contributed by atoms with Crippen LogP contribution >= 0.6 is 11.3 Å². The van der Waals surface area contributed by atoms with E-state index in [4.69, 9.17) is 10.7 Å². The monoisotopic (exact) mass is 600 g/mol. The standard InChI is InChI=1S/C40H32N4S/c1-23(41)20-34-27-11-5-8-14-33(27)42-39(43-34)24-16-18-25(19-17-24)44-35-22-29-26-10-4-7-13-31(26)40(2,3)32(29)21-30(35)38-37(44)28-12-6-9-15-36(28)45-38/h4-23H,41H2,1-3H3,(H,42,43)/b34-20-. The van der Waals surface area contributed by atoms with Crippen molar-refractivity contribution in [3.63, 3.8) is 0 Å². The number of aromatic nitrogens is 1. The van der Waals surface area contributed by atoms with Crippen LogP contribution in [0.4, 0.5) is 5.69 Å². The van der Waals surface area contributed by atoms with Gasteiger partial charge in [0.2, 0.25) is 0 Å². The minimum absolute atomic E-state index is 0.0474. The van der Waals surface area contributed by atoms with E-state index in [2.05, 4.69) is 127 Å². The van der Waals surface area contributed by atoms with Crippen LogP contribution in [0, 0.1) is 0 Å². The van der Waals surface area contributed by atoms with Crippen LogP contribution in [-0.2, 0) is 5.41 Å². The summed E-state index contributed by atoms with van der Waals surface area (Å²) in [7, 11) is 0. The van der Waals surface area contributed by atoms with E-state index in [0.717, 1.165) is 34.0 Å². The van der Waals surface area contributed by atoms with Crippen molar-refractivity contribution in [2.75, 3.05) is 0 Å². The van der Waals surface area contributed by atoms with Gasteiger partial charge in [-0.3, -0.25) is 0 Å². The molecule has 0 amide bonds. The molecule has 0 fully saturated rings. The molecule has 2 aromatic heterocycles. The second-order valence-electron chi connectivity index (χ2n) is 12.8. The second kappa shape index (κ2) is 9.51. The van der Waals surface area contributed by atoms with Gasteiger partial charge < -0.3 is 15.6 Å². The molecule has 1 unspecified atom stereocenters. The van der Waals surface area contributed by atoms with Crippen molar-refractivity contribution in [1.82, 2.24) is 9.88 Å². The largest absolute Gasteiger partial charge is 0.339 e. The Labute approximate surface area is 266 Å². The maximum absolute atomic E-state index is 6.18. The smallest absolute Gasteiger partial charge is 0.138 e. The Balaban J connectivity index is 1.25. The second-order valence-corrected chi connectivity index (χ2v) is 13.8. The number of hydrogen-bond acceptors (Lipinski definition) is 4. The summed E-state index contributed by atoms with van der Waals surface area (Å²) in [4.78, 5) is 4.99. The van der Waals surface area contributed by atoms with Gasteiger partial charge in [-0.1, -0.05) is 74.5 Å². The summed E-state index contributed by atoms with van der Waals surface area (Å²) in [6, 6.07) is 39.5. The number of hydrogen-bond donors (Lipinski definition) is 2. The molecular formula is C40H32N4S. The Morgan fingerprint density at radius 1 is 0.800 bits per heavy atom. The summed E-state index contributed by atoms with van der Waals surface area (Å²) >= 11 is 1.89. The molecule has 5 heteroatoms. The molecule has 218 valence electrons. The summed E-state index contributed by atoms with van der Waals surface area (Å²) in [5.74, 6) is 0.826. The summed E-state index contributed by atoms with van der Waals surface area (Å²) < 4.78 is 5.12. The lowest BCUT2D eigenvalue weighted by molar-refractivity contribution is 0.661. The first-order chi connectivity index (χ1) is 21.9. The first kappa shape index (κ1) is 26.4. The van der Waals surface area contributed by atoms with Crippen LogP contribution in [0.5, 0.6) is 0 Å². The third-order valence-electron chi connectivity index (χ3n) is 9.49. The van der Waals surface area contributed by atoms with Gasteiger partial charge in [-0.05, 0) is 83.8 Å². The van der Waals surface area contributed by atoms with Crippen molar-refractivity contribution < 1.29 is 0 Å². The number of benzene rings is 5. The fourth-order valence-corrected chi connectivity index (χ4v) is 8.58. The van der Waals surface area contributed by atoms with E-state index in [0.29, 0.717) is 0 Å². The van der Waals surface area contributed by atoms with Gasteiger partial charge in [0.1, 0.15) is 5.84 Å². The molecule has 0 saturated heterocycles. The molecule has 5 aromatic carbocycles. The van der Waals surface area contributed by atoms with Crippen molar-refractivity contribution >= 4 is 59.8 Å². The summed E-state index contributed by atoms with van der Waals surface area (Å²) in [6.07, 6.45) is 2.06. The highest BCUT2D eigenvalue weighted by molar-refractivity contribution is 7.26. The maximum atomic E-state index is 6.18. The van der Waals surface area contributed by atoms with Crippen LogP contribution in [-0.4, -0.2) is 16.4 Å². The maximum Gasteiger partial charge on any atom is 0.138 e. The van der Waals surface area contributed by atoms with Crippen LogP contribution in [0.1, 0.15) is 43.0 Å². The lowest BCUT2D eigenvalue weighted by Gasteiger charge is -2.22. The van der Waals surface area contributed by atoms with Gasteiger partial charge in [0.25, 0.3) is 0 Å². The Kier molecular flexibility index (Phi) is 5.59. The van der Waals surface area contributed by atoms with E-state index in [9.17, 15) is 0 Å². The number of fused-ring (bicyclic) bond motifs is 9.